The van der Waals surface area contributed by atoms with E-state index < -0.39 is 41.3 Å². The van der Waals surface area contributed by atoms with Crippen molar-refractivity contribution in [1.82, 2.24) is 0 Å². The first kappa shape index (κ1) is 17.7. The molecule has 0 saturated heterocycles. The van der Waals surface area contributed by atoms with Gasteiger partial charge in [-0.25, -0.2) is 13.6 Å². The molecule has 1 amide bonds. The highest BCUT2D eigenvalue weighted by atomic mass is 19.3. The van der Waals surface area contributed by atoms with Gasteiger partial charge in [-0.3, -0.25) is 10.1 Å². The summed E-state index contributed by atoms with van der Waals surface area (Å²) in [4.78, 5) is 22.0. The van der Waals surface area contributed by atoms with Gasteiger partial charge in [0.25, 0.3) is 5.92 Å². The number of rotatable bonds is 4. The number of aliphatic carboxylic acids is 1. The molecular weight excluding hydrogens is 300 g/mol. The Morgan fingerprint density at radius 1 is 1.27 bits per heavy atom. The van der Waals surface area contributed by atoms with Gasteiger partial charge in [0.2, 0.25) is 0 Å². The molecule has 0 unspecified atom stereocenters. The molecule has 0 bridgehead atoms. The van der Waals surface area contributed by atoms with Crippen molar-refractivity contribution in [2.24, 2.45) is 0 Å². The molecule has 0 aliphatic heterocycles. The number of halogens is 2. The number of phenolic OH excluding ortho intramolecular Hbond substituents is 1. The first-order valence-corrected chi connectivity index (χ1v) is 6.34. The van der Waals surface area contributed by atoms with Crippen LogP contribution in [0.1, 0.15) is 32.8 Å². The Balaban J connectivity index is 3.00. The monoisotopic (exact) mass is 317 g/mol. The summed E-state index contributed by atoms with van der Waals surface area (Å²) >= 11 is 0. The van der Waals surface area contributed by atoms with E-state index in [1.54, 1.807) is 20.8 Å². The second kappa shape index (κ2) is 6.17. The van der Waals surface area contributed by atoms with E-state index in [2.05, 4.69) is 5.32 Å². The van der Waals surface area contributed by atoms with Crippen LogP contribution in [0, 0.1) is 0 Å². The van der Waals surface area contributed by atoms with E-state index in [0.717, 1.165) is 12.1 Å². The van der Waals surface area contributed by atoms with E-state index in [1.807, 2.05) is 0 Å². The molecule has 0 fully saturated rings. The lowest BCUT2D eigenvalue weighted by Crippen LogP contribution is -2.27. The number of carboxylic acid groups (broad SMARTS) is 1. The molecule has 0 aromatic heterocycles. The maximum absolute atomic E-state index is 13.8. The highest BCUT2D eigenvalue weighted by Crippen LogP contribution is 2.38. The predicted molar refractivity (Wildman–Crippen MR) is 74.1 cm³/mol. The summed E-state index contributed by atoms with van der Waals surface area (Å²) < 4.78 is 32.5. The lowest BCUT2D eigenvalue weighted by molar-refractivity contribution is -0.145. The molecule has 0 saturated carbocycles. The molecule has 22 heavy (non-hydrogen) atoms. The fourth-order valence-electron chi connectivity index (χ4n) is 1.61. The van der Waals surface area contributed by atoms with Crippen LogP contribution in [0.2, 0.25) is 0 Å². The van der Waals surface area contributed by atoms with Crippen molar-refractivity contribution in [2.75, 3.05) is 5.32 Å². The van der Waals surface area contributed by atoms with Crippen LogP contribution in [0.25, 0.3) is 0 Å². The zero-order chi connectivity index (χ0) is 17.1. The van der Waals surface area contributed by atoms with Crippen LogP contribution < -0.4 is 5.32 Å². The number of nitrogens with one attached hydrogen (secondary N) is 1. The maximum atomic E-state index is 13.8. The van der Waals surface area contributed by atoms with Crippen LogP contribution in [-0.4, -0.2) is 27.9 Å². The normalized spacial score (nSPS) is 11.9. The highest BCUT2D eigenvalue weighted by Gasteiger charge is 2.37. The van der Waals surface area contributed by atoms with Crippen LogP contribution in [0.15, 0.2) is 18.2 Å². The molecule has 0 aliphatic carbocycles. The van der Waals surface area contributed by atoms with Gasteiger partial charge >= 0.3 is 12.1 Å². The Hall–Kier alpha value is -2.38. The van der Waals surface area contributed by atoms with Crippen molar-refractivity contribution in [3.8, 4) is 5.75 Å². The Kier molecular flexibility index (Phi) is 4.95. The third kappa shape index (κ3) is 5.19. The van der Waals surface area contributed by atoms with Crippen molar-refractivity contribution in [3.63, 3.8) is 0 Å². The minimum absolute atomic E-state index is 0.0490. The third-order valence-corrected chi connectivity index (χ3v) is 2.41. The number of ether oxygens (including phenoxy) is 1. The quantitative estimate of drug-likeness (QED) is 0.740. The summed E-state index contributed by atoms with van der Waals surface area (Å²) in [6.07, 6.45) is -2.33. The first-order valence-electron chi connectivity index (χ1n) is 6.34. The third-order valence-electron chi connectivity index (χ3n) is 2.41. The van der Waals surface area contributed by atoms with Crippen LogP contribution in [0.5, 0.6) is 5.75 Å². The number of hydrogen-bond acceptors (Lipinski definition) is 4. The zero-order valence-corrected chi connectivity index (χ0v) is 12.3. The Morgan fingerprint density at radius 2 is 1.86 bits per heavy atom. The van der Waals surface area contributed by atoms with Gasteiger partial charge in [-0.15, -0.1) is 0 Å². The van der Waals surface area contributed by atoms with Crippen LogP contribution in [0.4, 0.5) is 19.3 Å². The van der Waals surface area contributed by atoms with Gasteiger partial charge in [-0.2, -0.15) is 0 Å². The second-order valence-corrected chi connectivity index (χ2v) is 5.63. The molecule has 1 aromatic carbocycles. The molecule has 3 N–H and O–H groups in total. The van der Waals surface area contributed by atoms with Crippen molar-refractivity contribution in [2.45, 2.75) is 38.7 Å². The van der Waals surface area contributed by atoms with E-state index in [1.165, 1.54) is 6.07 Å². The molecule has 6 nitrogen and oxygen atoms in total. The van der Waals surface area contributed by atoms with Gasteiger partial charge in [0.15, 0.2) is 0 Å². The molecule has 0 atom stereocenters. The number of carbonyl (C=O) groups excluding carboxylic acids is 1. The number of phenols is 1. The lowest BCUT2D eigenvalue weighted by atomic mass is 10.0. The Bertz CT molecular complexity index is 581. The number of aromatic hydroxyl groups is 1. The van der Waals surface area contributed by atoms with Crippen molar-refractivity contribution in [1.29, 1.82) is 0 Å². The summed E-state index contributed by atoms with van der Waals surface area (Å²) in [5.41, 5.74) is -1.70. The summed E-state index contributed by atoms with van der Waals surface area (Å²) in [6, 6.07) is 2.94. The van der Waals surface area contributed by atoms with Gasteiger partial charge in [0.05, 0.1) is 5.56 Å². The average Bonchev–Trinajstić information content (AvgIpc) is 2.27. The number of hydrogen-bond donors (Lipinski definition) is 3. The van der Waals surface area contributed by atoms with Crippen LogP contribution in [-0.2, 0) is 15.5 Å². The van der Waals surface area contributed by atoms with E-state index in [9.17, 15) is 23.5 Å². The van der Waals surface area contributed by atoms with Crippen LogP contribution >= 0.6 is 0 Å². The molecular formula is C14H17F2NO5. The Labute approximate surface area is 125 Å². The Morgan fingerprint density at radius 3 is 2.36 bits per heavy atom. The highest BCUT2D eigenvalue weighted by molar-refractivity contribution is 5.85. The SMILES string of the molecule is CC(C)(C)OC(=O)Nc1ccc(O)c(C(F)(F)CC(=O)O)c1. The standard InChI is InChI=1S/C14H17F2NO5/c1-13(2,3)22-12(21)17-8-4-5-10(18)9(6-8)14(15,16)7-11(19)20/h4-6,18H,7H2,1-3H3,(H,17,21)(H,19,20). The molecule has 8 heteroatoms. The van der Waals surface area contributed by atoms with Crippen LogP contribution in [0.3, 0.4) is 0 Å². The summed E-state index contributed by atoms with van der Waals surface area (Å²) in [7, 11) is 0. The van der Waals surface area contributed by atoms with Gasteiger partial charge in [-0.1, -0.05) is 0 Å². The van der Waals surface area contributed by atoms with E-state index in [-0.39, 0.29) is 5.69 Å². The average molecular weight is 317 g/mol. The first-order chi connectivity index (χ1) is 9.90. The van der Waals surface area contributed by atoms with E-state index in [4.69, 9.17) is 9.84 Å². The van der Waals surface area contributed by atoms with E-state index in [0.29, 0.717) is 0 Å². The molecule has 0 radical (unpaired) electrons. The fourth-order valence-corrected chi connectivity index (χ4v) is 1.61. The molecule has 0 spiro atoms. The topological polar surface area (TPSA) is 95.9 Å². The molecule has 0 heterocycles. The minimum atomic E-state index is -3.78. The van der Waals surface area contributed by atoms with Crippen molar-refractivity contribution in [3.05, 3.63) is 23.8 Å². The number of benzene rings is 1. The summed E-state index contributed by atoms with van der Waals surface area (Å²) in [6.45, 7) is 4.90. The van der Waals surface area contributed by atoms with Gasteiger partial charge in [0.1, 0.15) is 17.8 Å². The summed E-state index contributed by atoms with van der Waals surface area (Å²) in [5.74, 6) is -6.25. The van der Waals surface area contributed by atoms with Crippen molar-refractivity contribution >= 4 is 17.7 Å². The second-order valence-electron chi connectivity index (χ2n) is 5.63. The number of anilines is 1. The summed E-state index contributed by atoms with van der Waals surface area (Å²) in [5, 5.41) is 20.2. The zero-order valence-electron chi connectivity index (χ0n) is 12.3. The number of carbonyl (C=O) groups is 2. The van der Waals surface area contributed by atoms with Gasteiger partial charge in [0, 0.05) is 5.69 Å². The minimum Gasteiger partial charge on any atom is -0.507 e. The molecule has 1 aromatic rings. The number of amides is 1. The molecule has 1 rings (SSSR count). The predicted octanol–water partition coefficient (Wildman–Crippen LogP) is 3.31. The lowest BCUT2D eigenvalue weighted by Gasteiger charge is -2.20. The van der Waals surface area contributed by atoms with Crippen molar-refractivity contribution < 1.29 is 33.3 Å². The molecule has 122 valence electrons. The molecule has 0 aliphatic rings. The number of carboxylic acids is 1. The van der Waals surface area contributed by atoms with Gasteiger partial charge in [-0.05, 0) is 39.0 Å². The fraction of sp³-hybridized carbons (Fsp3) is 0.429. The number of alkyl halides is 2. The maximum Gasteiger partial charge on any atom is 0.412 e. The largest absolute Gasteiger partial charge is 0.507 e. The van der Waals surface area contributed by atoms with E-state index >= 15 is 0 Å². The smallest absolute Gasteiger partial charge is 0.412 e. The van der Waals surface area contributed by atoms with Gasteiger partial charge < -0.3 is 14.9 Å².